The number of ether oxygens (including phenoxy) is 1. The lowest BCUT2D eigenvalue weighted by atomic mass is 10.1. The van der Waals surface area contributed by atoms with Crippen molar-refractivity contribution in [3.63, 3.8) is 0 Å². The van der Waals surface area contributed by atoms with E-state index in [1.807, 2.05) is 24.3 Å². The number of methoxy groups -OCH3 is 1. The molecule has 21 heavy (non-hydrogen) atoms. The van der Waals surface area contributed by atoms with Gasteiger partial charge in [0.2, 0.25) is 5.91 Å². The van der Waals surface area contributed by atoms with Crippen molar-refractivity contribution in [1.29, 1.82) is 0 Å². The van der Waals surface area contributed by atoms with Gasteiger partial charge in [-0.05, 0) is 22.8 Å². The molecule has 0 atom stereocenters. The number of benzene rings is 2. The number of carbonyl (C=O) groups excluding carboxylic acids is 1. The van der Waals surface area contributed by atoms with Crippen molar-refractivity contribution in [2.75, 3.05) is 7.11 Å². The normalized spacial score (nSPS) is 10.4. The topological polar surface area (TPSA) is 38.3 Å². The molecule has 0 aromatic heterocycles. The predicted molar refractivity (Wildman–Crippen MR) is 79.1 cm³/mol. The van der Waals surface area contributed by atoms with Crippen molar-refractivity contribution in [2.45, 2.75) is 19.6 Å². The third-order valence-electron chi connectivity index (χ3n) is 3.20. The molecule has 0 aliphatic rings. The fourth-order valence-corrected chi connectivity index (χ4v) is 2.10. The Morgan fingerprint density at radius 1 is 1.05 bits per heavy atom. The van der Waals surface area contributed by atoms with Crippen molar-refractivity contribution in [3.8, 4) is 0 Å². The van der Waals surface area contributed by atoms with Crippen molar-refractivity contribution in [3.05, 3.63) is 71.0 Å². The Kier molecular flexibility index (Phi) is 5.46. The summed E-state index contributed by atoms with van der Waals surface area (Å²) in [5, 5.41) is 2.81. The Hall–Kier alpha value is -2.20. The van der Waals surface area contributed by atoms with Gasteiger partial charge in [0, 0.05) is 13.7 Å². The first kappa shape index (κ1) is 15.2. The lowest BCUT2D eigenvalue weighted by Crippen LogP contribution is -2.25. The molecule has 0 aliphatic carbocycles. The first-order valence-corrected chi connectivity index (χ1v) is 6.76. The Morgan fingerprint density at radius 2 is 1.67 bits per heavy atom. The summed E-state index contributed by atoms with van der Waals surface area (Å²) in [6, 6.07) is 14.1. The zero-order valence-corrected chi connectivity index (χ0v) is 11.9. The third-order valence-corrected chi connectivity index (χ3v) is 3.20. The molecule has 2 aromatic carbocycles. The van der Waals surface area contributed by atoms with Gasteiger partial charge in [-0.2, -0.15) is 0 Å². The number of carbonyl (C=O) groups is 1. The highest BCUT2D eigenvalue weighted by Gasteiger charge is 2.08. The van der Waals surface area contributed by atoms with Gasteiger partial charge in [0.25, 0.3) is 0 Å². The quantitative estimate of drug-likeness (QED) is 0.887. The van der Waals surface area contributed by atoms with Crippen LogP contribution in [0.15, 0.2) is 48.5 Å². The van der Waals surface area contributed by atoms with Crippen molar-refractivity contribution in [1.82, 2.24) is 5.32 Å². The summed E-state index contributed by atoms with van der Waals surface area (Å²) in [5.74, 6) is -0.556. The summed E-state index contributed by atoms with van der Waals surface area (Å²) in [4.78, 5) is 11.9. The summed E-state index contributed by atoms with van der Waals surface area (Å²) in [6.45, 7) is 0.909. The highest BCUT2D eigenvalue weighted by molar-refractivity contribution is 5.78. The van der Waals surface area contributed by atoms with Gasteiger partial charge in [-0.25, -0.2) is 4.39 Å². The summed E-state index contributed by atoms with van der Waals surface area (Å²) in [6.07, 6.45) is 0.0408. The first-order valence-electron chi connectivity index (χ1n) is 6.76. The molecule has 2 aromatic rings. The Bertz CT molecular complexity index is 613. The van der Waals surface area contributed by atoms with Crippen molar-refractivity contribution >= 4 is 5.91 Å². The van der Waals surface area contributed by atoms with Gasteiger partial charge in [-0.1, -0.05) is 42.5 Å². The molecule has 1 N–H and O–H groups in total. The van der Waals surface area contributed by atoms with E-state index in [0.29, 0.717) is 18.7 Å². The monoisotopic (exact) mass is 287 g/mol. The van der Waals surface area contributed by atoms with E-state index in [1.165, 1.54) is 6.07 Å². The van der Waals surface area contributed by atoms with Crippen LogP contribution in [0.1, 0.15) is 16.7 Å². The van der Waals surface area contributed by atoms with Gasteiger partial charge in [0.15, 0.2) is 0 Å². The van der Waals surface area contributed by atoms with E-state index in [9.17, 15) is 9.18 Å². The maximum atomic E-state index is 13.5. The van der Waals surface area contributed by atoms with E-state index < -0.39 is 0 Å². The highest BCUT2D eigenvalue weighted by Crippen LogP contribution is 2.10. The molecule has 0 saturated carbocycles. The second-order valence-electron chi connectivity index (χ2n) is 4.75. The van der Waals surface area contributed by atoms with E-state index >= 15 is 0 Å². The number of hydrogen-bond donors (Lipinski definition) is 1. The zero-order valence-electron chi connectivity index (χ0n) is 11.9. The lowest BCUT2D eigenvalue weighted by molar-refractivity contribution is -0.120. The minimum absolute atomic E-state index is 0.0408. The standard InChI is InChI=1S/C17H18FNO2/c1-21-12-15-8-3-2-7-14(15)11-19-17(20)10-13-6-4-5-9-16(13)18/h2-9H,10-12H2,1H3,(H,19,20). The van der Waals surface area contributed by atoms with E-state index in [4.69, 9.17) is 4.74 Å². The molecule has 0 aliphatic heterocycles. The van der Waals surface area contributed by atoms with Crippen LogP contribution in [0, 0.1) is 5.82 Å². The summed E-state index contributed by atoms with van der Waals surface area (Å²) < 4.78 is 18.6. The molecule has 1 amide bonds. The largest absolute Gasteiger partial charge is 0.380 e. The van der Waals surface area contributed by atoms with E-state index in [2.05, 4.69) is 5.32 Å². The van der Waals surface area contributed by atoms with Gasteiger partial charge in [0.1, 0.15) is 5.82 Å². The van der Waals surface area contributed by atoms with Gasteiger partial charge in [0.05, 0.1) is 13.0 Å². The average Bonchev–Trinajstić information content (AvgIpc) is 2.49. The number of amides is 1. The van der Waals surface area contributed by atoms with Gasteiger partial charge < -0.3 is 10.1 Å². The van der Waals surface area contributed by atoms with Crippen molar-refractivity contribution in [2.24, 2.45) is 0 Å². The van der Waals surface area contributed by atoms with Gasteiger partial charge in [-0.15, -0.1) is 0 Å². The number of rotatable bonds is 6. The van der Waals surface area contributed by atoms with E-state index in [0.717, 1.165) is 11.1 Å². The molecule has 0 fully saturated rings. The minimum atomic E-state index is -0.354. The van der Waals surface area contributed by atoms with Crippen LogP contribution in [0.4, 0.5) is 4.39 Å². The smallest absolute Gasteiger partial charge is 0.224 e. The summed E-state index contributed by atoms with van der Waals surface area (Å²) >= 11 is 0. The lowest BCUT2D eigenvalue weighted by Gasteiger charge is -2.10. The van der Waals surface area contributed by atoms with Gasteiger partial charge in [-0.3, -0.25) is 4.79 Å². The molecule has 0 spiro atoms. The number of nitrogens with one attached hydrogen (secondary N) is 1. The fraction of sp³-hybridized carbons (Fsp3) is 0.235. The molecule has 2 rings (SSSR count). The highest BCUT2D eigenvalue weighted by atomic mass is 19.1. The van der Waals surface area contributed by atoms with Crippen LogP contribution in [-0.2, 0) is 29.1 Å². The molecule has 110 valence electrons. The summed E-state index contributed by atoms with van der Waals surface area (Å²) in [7, 11) is 1.63. The Labute approximate surface area is 123 Å². The molecule has 3 nitrogen and oxygen atoms in total. The molecule has 4 heteroatoms. The van der Waals surface area contributed by atoms with Crippen LogP contribution in [0.2, 0.25) is 0 Å². The summed E-state index contributed by atoms with van der Waals surface area (Å²) in [5.41, 5.74) is 2.44. The number of hydrogen-bond acceptors (Lipinski definition) is 2. The second-order valence-corrected chi connectivity index (χ2v) is 4.75. The van der Waals surface area contributed by atoms with Crippen LogP contribution in [0.25, 0.3) is 0 Å². The predicted octanol–water partition coefficient (Wildman–Crippen LogP) is 2.83. The Morgan fingerprint density at radius 3 is 2.33 bits per heavy atom. The molecule has 0 saturated heterocycles. The number of halogens is 1. The average molecular weight is 287 g/mol. The van der Waals surface area contributed by atoms with E-state index in [1.54, 1.807) is 25.3 Å². The van der Waals surface area contributed by atoms with Gasteiger partial charge >= 0.3 is 0 Å². The first-order chi connectivity index (χ1) is 10.2. The van der Waals surface area contributed by atoms with E-state index in [-0.39, 0.29) is 18.1 Å². The van der Waals surface area contributed by atoms with Crippen LogP contribution < -0.4 is 5.32 Å². The molecule has 0 unspecified atom stereocenters. The van der Waals surface area contributed by atoms with Crippen LogP contribution in [-0.4, -0.2) is 13.0 Å². The molecular weight excluding hydrogens is 269 g/mol. The van der Waals surface area contributed by atoms with Crippen LogP contribution in [0.5, 0.6) is 0 Å². The molecule has 0 heterocycles. The zero-order chi connectivity index (χ0) is 15.1. The van der Waals surface area contributed by atoms with Crippen molar-refractivity contribution < 1.29 is 13.9 Å². The van der Waals surface area contributed by atoms with Crippen LogP contribution >= 0.6 is 0 Å². The Balaban J connectivity index is 1.94. The maximum Gasteiger partial charge on any atom is 0.224 e. The second kappa shape index (κ2) is 7.55. The SMILES string of the molecule is COCc1ccccc1CNC(=O)Cc1ccccc1F. The molecule has 0 bridgehead atoms. The molecule has 0 radical (unpaired) electrons. The third kappa shape index (κ3) is 4.39. The molecular formula is C17H18FNO2. The van der Waals surface area contributed by atoms with Crippen LogP contribution in [0.3, 0.4) is 0 Å². The maximum absolute atomic E-state index is 13.5. The fourth-order valence-electron chi connectivity index (χ4n) is 2.10. The minimum Gasteiger partial charge on any atom is -0.380 e.